The van der Waals surface area contributed by atoms with E-state index in [2.05, 4.69) is 28.7 Å². The normalized spacial score (nSPS) is 30.5. The highest BCUT2D eigenvalue weighted by Gasteiger charge is 2.41. The summed E-state index contributed by atoms with van der Waals surface area (Å²) in [5.74, 6) is 1.79. The Balaban J connectivity index is 1.71. The first-order valence-electron chi connectivity index (χ1n) is 11.9. The predicted octanol–water partition coefficient (Wildman–Crippen LogP) is 3.71. The molecule has 0 aromatic heterocycles. The molecule has 8 heteroatoms. The molecule has 4 unspecified atom stereocenters. The molecule has 0 bridgehead atoms. The number of hydrogen-bond acceptors (Lipinski definition) is 6. The Morgan fingerprint density at radius 1 is 1.34 bits per heavy atom. The van der Waals surface area contributed by atoms with Gasteiger partial charge in [0.2, 0.25) is 5.91 Å². The number of nitrogens with one attached hydrogen (secondary N) is 2. The lowest BCUT2D eigenvalue weighted by molar-refractivity contribution is -0.120. The van der Waals surface area contributed by atoms with E-state index in [1.54, 1.807) is 0 Å². The monoisotopic (exact) mass is 466 g/mol. The molecule has 0 radical (unpaired) electrons. The molecule has 0 saturated carbocycles. The Kier molecular flexibility index (Phi) is 9.03. The van der Waals surface area contributed by atoms with Gasteiger partial charge in [-0.2, -0.15) is 0 Å². The maximum absolute atomic E-state index is 12.6. The molecule has 3 N–H and O–H groups in total. The lowest BCUT2D eigenvalue weighted by Gasteiger charge is -2.43. The summed E-state index contributed by atoms with van der Waals surface area (Å²) in [6.45, 7) is 5.63. The molecule has 2 aliphatic carbocycles. The second-order valence-corrected chi connectivity index (χ2v) is 10.0. The summed E-state index contributed by atoms with van der Waals surface area (Å²) < 4.78 is 5.94. The number of halogens is 1. The van der Waals surface area contributed by atoms with Crippen molar-refractivity contribution in [2.75, 3.05) is 27.2 Å². The van der Waals surface area contributed by atoms with Gasteiger partial charge in [0.1, 0.15) is 11.5 Å². The number of fused-ring (bicyclic) bond motifs is 1. The van der Waals surface area contributed by atoms with Gasteiger partial charge in [-0.1, -0.05) is 18.5 Å². The Morgan fingerprint density at radius 2 is 2.12 bits per heavy atom. The summed E-state index contributed by atoms with van der Waals surface area (Å²) >= 11 is 6.24. The SMILES string of the molecule is CCOC1=C(NC(=O)CCCN(C)C)CC2C(C1)N=C[C@H](C)C2NC1CCC(O)=C(Cl)C1. The zero-order valence-electron chi connectivity index (χ0n) is 19.9. The lowest BCUT2D eigenvalue weighted by Crippen LogP contribution is -2.54. The molecule has 3 rings (SSSR count). The molecule has 5 atom stereocenters. The third-order valence-electron chi connectivity index (χ3n) is 6.72. The average Bonchev–Trinajstić information content (AvgIpc) is 2.73. The van der Waals surface area contributed by atoms with Crippen LogP contribution in [0.25, 0.3) is 0 Å². The van der Waals surface area contributed by atoms with E-state index in [0.29, 0.717) is 43.1 Å². The minimum atomic E-state index is 0.0500. The smallest absolute Gasteiger partial charge is 0.224 e. The van der Waals surface area contributed by atoms with Crippen molar-refractivity contribution in [3.8, 4) is 0 Å². The Bertz CT molecular complexity index is 764. The zero-order chi connectivity index (χ0) is 23.3. The quantitative estimate of drug-likeness (QED) is 0.482. The number of nitrogens with zero attached hydrogens (tertiary/aromatic N) is 2. The van der Waals surface area contributed by atoms with Crippen molar-refractivity contribution < 1.29 is 14.6 Å². The molecule has 7 nitrogen and oxygen atoms in total. The lowest BCUT2D eigenvalue weighted by atomic mass is 9.74. The van der Waals surface area contributed by atoms with Crippen molar-refractivity contribution in [2.24, 2.45) is 16.8 Å². The summed E-state index contributed by atoms with van der Waals surface area (Å²) in [5.41, 5.74) is 0.915. The number of amides is 1. The van der Waals surface area contributed by atoms with E-state index >= 15 is 0 Å². The van der Waals surface area contributed by atoms with Gasteiger partial charge in [0.15, 0.2) is 0 Å². The first kappa shape index (κ1) is 25.1. The van der Waals surface area contributed by atoms with Crippen molar-refractivity contribution in [2.45, 2.75) is 76.9 Å². The molecule has 0 aromatic rings. The van der Waals surface area contributed by atoms with Gasteiger partial charge in [0, 0.05) is 55.8 Å². The van der Waals surface area contributed by atoms with E-state index in [9.17, 15) is 9.90 Å². The van der Waals surface area contributed by atoms with Crippen molar-refractivity contribution in [1.29, 1.82) is 0 Å². The highest BCUT2D eigenvalue weighted by Crippen LogP contribution is 2.38. The largest absolute Gasteiger partial charge is 0.511 e. The minimum Gasteiger partial charge on any atom is -0.511 e. The van der Waals surface area contributed by atoms with Gasteiger partial charge in [-0.05, 0) is 46.8 Å². The number of carbonyl (C=O) groups is 1. The highest BCUT2D eigenvalue weighted by atomic mass is 35.5. The van der Waals surface area contributed by atoms with Crippen LogP contribution in [0.3, 0.4) is 0 Å². The topological polar surface area (TPSA) is 86.2 Å². The Hall–Kier alpha value is -1.57. The van der Waals surface area contributed by atoms with Crippen LogP contribution in [0.4, 0.5) is 0 Å². The molecule has 3 aliphatic rings. The van der Waals surface area contributed by atoms with Crippen LogP contribution in [-0.4, -0.2) is 67.5 Å². The third kappa shape index (κ3) is 6.49. The van der Waals surface area contributed by atoms with Gasteiger partial charge >= 0.3 is 0 Å². The predicted molar refractivity (Wildman–Crippen MR) is 129 cm³/mol. The van der Waals surface area contributed by atoms with Gasteiger partial charge in [-0.25, -0.2) is 0 Å². The third-order valence-corrected chi connectivity index (χ3v) is 7.09. The first-order chi connectivity index (χ1) is 15.3. The number of rotatable bonds is 9. The maximum Gasteiger partial charge on any atom is 0.224 e. The number of hydrogen-bond donors (Lipinski definition) is 3. The molecule has 0 fully saturated rings. The van der Waals surface area contributed by atoms with Crippen molar-refractivity contribution >= 4 is 23.7 Å². The molecule has 0 spiro atoms. The summed E-state index contributed by atoms with van der Waals surface area (Å²) in [6.07, 6.45) is 6.97. The Labute approximate surface area is 197 Å². The molecule has 1 heterocycles. The van der Waals surface area contributed by atoms with E-state index in [1.807, 2.05) is 21.0 Å². The number of ether oxygens (including phenoxy) is 1. The zero-order valence-corrected chi connectivity index (χ0v) is 20.6. The van der Waals surface area contributed by atoms with Crippen LogP contribution < -0.4 is 10.6 Å². The number of allylic oxidation sites excluding steroid dienone is 2. The minimum absolute atomic E-state index is 0.0500. The van der Waals surface area contributed by atoms with Crippen LogP contribution in [-0.2, 0) is 9.53 Å². The number of aliphatic hydroxyl groups is 1. The average molecular weight is 467 g/mol. The van der Waals surface area contributed by atoms with Crippen molar-refractivity contribution in [3.63, 3.8) is 0 Å². The number of aliphatic imine (C=N–C) groups is 1. The van der Waals surface area contributed by atoms with Gasteiger partial charge < -0.3 is 25.4 Å². The van der Waals surface area contributed by atoms with Gasteiger partial charge in [0.05, 0.1) is 23.4 Å². The summed E-state index contributed by atoms with van der Waals surface area (Å²) in [6, 6.07) is 0.609. The van der Waals surface area contributed by atoms with Crippen LogP contribution in [0.15, 0.2) is 27.2 Å². The second kappa shape index (κ2) is 11.5. The fourth-order valence-corrected chi connectivity index (χ4v) is 5.29. The number of aliphatic hydroxyl groups excluding tert-OH is 1. The van der Waals surface area contributed by atoms with E-state index in [0.717, 1.165) is 37.3 Å². The Morgan fingerprint density at radius 3 is 2.81 bits per heavy atom. The molecule has 1 aliphatic heterocycles. The number of carbonyl (C=O) groups excluding carboxylic acids is 1. The molecule has 0 saturated heterocycles. The molecule has 180 valence electrons. The maximum atomic E-state index is 12.6. The molecular formula is C24H39ClN4O3. The fraction of sp³-hybridized carbons (Fsp3) is 0.750. The van der Waals surface area contributed by atoms with Crippen LogP contribution in [0.5, 0.6) is 0 Å². The van der Waals surface area contributed by atoms with Crippen LogP contribution in [0.2, 0.25) is 0 Å². The highest BCUT2D eigenvalue weighted by molar-refractivity contribution is 6.29. The van der Waals surface area contributed by atoms with Crippen LogP contribution in [0, 0.1) is 11.8 Å². The summed E-state index contributed by atoms with van der Waals surface area (Å²) in [7, 11) is 4.03. The fourth-order valence-electron chi connectivity index (χ4n) is 5.01. The molecule has 1 amide bonds. The van der Waals surface area contributed by atoms with Crippen molar-refractivity contribution in [3.05, 3.63) is 22.2 Å². The van der Waals surface area contributed by atoms with E-state index in [-0.39, 0.29) is 35.9 Å². The van der Waals surface area contributed by atoms with Crippen LogP contribution in [0.1, 0.15) is 58.8 Å². The first-order valence-corrected chi connectivity index (χ1v) is 12.3. The summed E-state index contributed by atoms with van der Waals surface area (Å²) in [4.78, 5) is 19.6. The van der Waals surface area contributed by atoms with E-state index in [4.69, 9.17) is 21.3 Å². The van der Waals surface area contributed by atoms with E-state index in [1.165, 1.54) is 0 Å². The van der Waals surface area contributed by atoms with E-state index < -0.39 is 0 Å². The second-order valence-electron chi connectivity index (χ2n) is 9.57. The van der Waals surface area contributed by atoms with Gasteiger partial charge in [-0.15, -0.1) is 0 Å². The standard InChI is InChI=1S/C24H39ClN4O3/c1-5-32-22-13-19-17(12-20(22)28-23(31)7-6-10-29(3)4)24(15(2)14-26-19)27-16-8-9-21(30)18(25)11-16/h14-17,19,24,27,30H,5-13H2,1-4H3,(H,28,31)/t15-,16?,17?,19?,24?/m0/s1. The van der Waals surface area contributed by atoms with Crippen molar-refractivity contribution in [1.82, 2.24) is 15.5 Å². The molecular weight excluding hydrogens is 428 g/mol. The summed E-state index contributed by atoms with van der Waals surface area (Å²) in [5, 5.41) is 17.4. The van der Waals surface area contributed by atoms with Gasteiger partial charge in [-0.3, -0.25) is 9.79 Å². The molecule has 0 aromatic carbocycles. The van der Waals surface area contributed by atoms with Crippen LogP contribution >= 0.6 is 11.6 Å². The molecule has 32 heavy (non-hydrogen) atoms. The van der Waals surface area contributed by atoms with Gasteiger partial charge in [0.25, 0.3) is 0 Å².